The summed E-state index contributed by atoms with van der Waals surface area (Å²) in [6, 6.07) is -0.733. The maximum absolute atomic E-state index is 13.2. The van der Waals surface area contributed by atoms with E-state index in [2.05, 4.69) is 80.8 Å². The van der Waals surface area contributed by atoms with Gasteiger partial charge in [-0.15, -0.1) is 0 Å². The molecule has 0 spiro atoms. The van der Waals surface area contributed by atoms with Crippen molar-refractivity contribution in [3.63, 3.8) is 0 Å². The number of nitrogens with one attached hydrogen (secondary N) is 1. The van der Waals surface area contributed by atoms with Crippen molar-refractivity contribution in [2.45, 2.75) is 270 Å². The predicted molar refractivity (Wildman–Crippen MR) is 264 cm³/mol. The Bertz CT molecular complexity index is 1090. The molecule has 354 valence electrons. The second-order valence-corrected chi connectivity index (χ2v) is 17.6. The van der Waals surface area contributed by atoms with E-state index in [9.17, 15) is 19.8 Å². The number of rotatable bonds is 46. The number of unbranched alkanes of at least 4 members (excludes halogenated alkanes) is 25. The van der Waals surface area contributed by atoms with Crippen LogP contribution < -0.4 is 5.32 Å². The second-order valence-electron chi connectivity index (χ2n) is 17.6. The molecule has 0 rings (SSSR count). The van der Waals surface area contributed by atoms with Gasteiger partial charge in [0, 0.05) is 12.8 Å². The van der Waals surface area contributed by atoms with E-state index in [0.717, 1.165) is 64.2 Å². The molecule has 61 heavy (non-hydrogen) atoms. The number of aliphatic hydroxyl groups excluding tert-OH is 2. The topological polar surface area (TPSA) is 95.9 Å². The first kappa shape index (κ1) is 58.6. The lowest BCUT2D eigenvalue weighted by Crippen LogP contribution is -2.46. The highest BCUT2D eigenvalue weighted by Gasteiger charge is 2.23. The van der Waals surface area contributed by atoms with Gasteiger partial charge in [-0.05, 0) is 70.6 Å². The summed E-state index contributed by atoms with van der Waals surface area (Å²) in [5.41, 5.74) is 0. The van der Waals surface area contributed by atoms with Crippen LogP contribution >= 0.6 is 0 Å². The van der Waals surface area contributed by atoms with E-state index in [1.54, 1.807) is 0 Å². The smallest absolute Gasteiger partial charge is 0.306 e. The fourth-order valence-corrected chi connectivity index (χ4v) is 7.58. The molecule has 0 aliphatic rings. The second kappa shape index (κ2) is 48.6. The minimum absolute atomic E-state index is 0.00208. The van der Waals surface area contributed by atoms with E-state index < -0.39 is 18.2 Å². The summed E-state index contributed by atoms with van der Waals surface area (Å²) in [5, 5.41) is 23.7. The molecular weight excluding hydrogens is 755 g/mol. The lowest BCUT2D eigenvalue weighted by Gasteiger charge is -2.24. The van der Waals surface area contributed by atoms with Gasteiger partial charge in [0.25, 0.3) is 0 Å². The van der Waals surface area contributed by atoms with Gasteiger partial charge in [-0.3, -0.25) is 9.59 Å². The minimum Gasteiger partial charge on any atom is -0.461 e. The molecule has 0 bridgehead atoms. The number of esters is 1. The monoisotopic (exact) mass is 854 g/mol. The van der Waals surface area contributed by atoms with Gasteiger partial charge in [-0.2, -0.15) is 0 Å². The lowest BCUT2D eigenvalue weighted by molar-refractivity contribution is -0.150. The molecule has 6 heteroatoms. The molecule has 0 aromatic heterocycles. The number of hydrogen-bond acceptors (Lipinski definition) is 5. The molecule has 1 amide bonds. The molecule has 3 N–H and O–H groups in total. The van der Waals surface area contributed by atoms with Crippen LogP contribution in [0.3, 0.4) is 0 Å². The molecule has 0 radical (unpaired) electrons. The van der Waals surface area contributed by atoms with E-state index in [0.29, 0.717) is 19.3 Å². The van der Waals surface area contributed by atoms with Crippen LogP contribution in [-0.2, 0) is 14.3 Å². The van der Waals surface area contributed by atoms with E-state index in [4.69, 9.17) is 4.74 Å². The maximum atomic E-state index is 13.2. The number of carbonyl (C=O) groups is 2. The Kier molecular flexibility index (Phi) is 46.6. The molecule has 6 nitrogen and oxygen atoms in total. The van der Waals surface area contributed by atoms with Gasteiger partial charge >= 0.3 is 5.97 Å². The molecule has 0 aromatic carbocycles. The van der Waals surface area contributed by atoms with E-state index in [-0.39, 0.29) is 24.9 Å². The summed E-state index contributed by atoms with van der Waals surface area (Å²) in [4.78, 5) is 26.1. The fourth-order valence-electron chi connectivity index (χ4n) is 7.58. The highest BCUT2D eigenvalue weighted by atomic mass is 16.5. The van der Waals surface area contributed by atoms with Gasteiger partial charge in [-0.1, -0.05) is 223 Å². The molecule has 3 unspecified atom stereocenters. The van der Waals surface area contributed by atoms with E-state index in [1.807, 2.05) is 6.08 Å². The van der Waals surface area contributed by atoms with Gasteiger partial charge in [-0.25, -0.2) is 0 Å². The molecule has 3 atom stereocenters. The number of hydrogen-bond donors (Lipinski definition) is 3. The van der Waals surface area contributed by atoms with Crippen molar-refractivity contribution in [3.8, 4) is 0 Å². The Labute approximate surface area is 378 Å². The van der Waals surface area contributed by atoms with Crippen LogP contribution in [0.1, 0.15) is 252 Å². The Morgan fingerprint density at radius 1 is 0.492 bits per heavy atom. The molecule has 0 aliphatic heterocycles. The summed E-state index contributed by atoms with van der Waals surface area (Å²) >= 11 is 0. The standard InChI is InChI=1S/C55H99NO5/c1-4-7-10-13-16-19-22-25-27-29-31-34-37-40-43-46-51(61-55(60)48-45-42-39-36-33-24-21-18-15-12-9-6-3)49-54(59)56-52(50-57)53(58)47-44-41-38-35-32-30-28-26-23-20-17-14-11-8-5-2/h16,18-19,21,25,27,31,34,40,43,51-53,57-58H,4-15,17,20,22-24,26,28-30,32-33,35-39,41-42,44-50H2,1-3H3,(H,56,59)/b19-16-,21-18-,27-25-,34-31-,43-40-. The number of amides is 1. The lowest BCUT2D eigenvalue weighted by atomic mass is 10.0. The van der Waals surface area contributed by atoms with Gasteiger partial charge in [0.15, 0.2) is 0 Å². The molecule has 0 saturated heterocycles. The Hall–Kier alpha value is -2.44. The van der Waals surface area contributed by atoms with Crippen molar-refractivity contribution in [1.29, 1.82) is 0 Å². The zero-order valence-electron chi connectivity index (χ0n) is 40.3. The summed E-state index contributed by atoms with van der Waals surface area (Å²) in [6.45, 7) is 6.41. The largest absolute Gasteiger partial charge is 0.461 e. The van der Waals surface area contributed by atoms with Gasteiger partial charge < -0.3 is 20.3 Å². The van der Waals surface area contributed by atoms with Gasteiger partial charge in [0.1, 0.15) is 6.10 Å². The van der Waals surface area contributed by atoms with E-state index in [1.165, 1.54) is 141 Å². The molecule has 0 saturated carbocycles. The van der Waals surface area contributed by atoms with E-state index >= 15 is 0 Å². The summed E-state index contributed by atoms with van der Waals surface area (Å²) < 4.78 is 5.86. The number of ether oxygens (including phenoxy) is 1. The normalized spacial score (nSPS) is 13.7. The first-order chi connectivity index (χ1) is 30.0. The molecule has 0 aliphatic carbocycles. The average molecular weight is 854 g/mol. The van der Waals surface area contributed by atoms with Crippen molar-refractivity contribution < 1.29 is 24.5 Å². The third kappa shape index (κ3) is 44.0. The Morgan fingerprint density at radius 3 is 1.36 bits per heavy atom. The van der Waals surface area contributed by atoms with Crippen LogP contribution in [0.4, 0.5) is 0 Å². The Morgan fingerprint density at radius 2 is 0.869 bits per heavy atom. The van der Waals surface area contributed by atoms with Crippen LogP contribution in [0.15, 0.2) is 60.8 Å². The van der Waals surface area contributed by atoms with Gasteiger partial charge in [0.05, 0.1) is 25.2 Å². The van der Waals surface area contributed by atoms with Crippen molar-refractivity contribution in [3.05, 3.63) is 60.8 Å². The first-order valence-electron chi connectivity index (χ1n) is 26.0. The highest BCUT2D eigenvalue weighted by molar-refractivity contribution is 5.77. The number of carbonyl (C=O) groups excluding carboxylic acids is 2. The zero-order valence-corrected chi connectivity index (χ0v) is 40.3. The van der Waals surface area contributed by atoms with Crippen LogP contribution in [0, 0.1) is 0 Å². The summed E-state index contributed by atoms with van der Waals surface area (Å²) in [7, 11) is 0. The third-order valence-corrected chi connectivity index (χ3v) is 11.6. The average Bonchev–Trinajstić information content (AvgIpc) is 3.25. The third-order valence-electron chi connectivity index (χ3n) is 11.6. The molecule has 0 fully saturated rings. The van der Waals surface area contributed by atoms with Gasteiger partial charge in [0.2, 0.25) is 5.91 Å². The number of allylic oxidation sites excluding steroid dienone is 9. The minimum atomic E-state index is -0.813. The predicted octanol–water partition coefficient (Wildman–Crippen LogP) is 15.6. The maximum Gasteiger partial charge on any atom is 0.306 e. The highest BCUT2D eigenvalue weighted by Crippen LogP contribution is 2.16. The Balaban J connectivity index is 4.69. The van der Waals surface area contributed by atoms with Crippen molar-refractivity contribution in [1.82, 2.24) is 5.32 Å². The summed E-state index contributed by atoms with van der Waals surface area (Å²) in [5.74, 6) is -0.585. The quantitative estimate of drug-likeness (QED) is 0.0322. The van der Waals surface area contributed by atoms with Crippen LogP contribution in [0.5, 0.6) is 0 Å². The van der Waals surface area contributed by atoms with Crippen LogP contribution in [0.2, 0.25) is 0 Å². The number of aliphatic hydroxyl groups is 2. The fraction of sp³-hybridized carbons (Fsp3) is 0.782. The SMILES string of the molecule is CCCCC/C=C\C/C=C\C/C=C\C/C=C\CC(CC(=O)NC(CO)C(O)CCCCCCCCCCCCCCCCC)OC(=O)CCCCCCC/C=C\CCCCC. The van der Waals surface area contributed by atoms with Crippen molar-refractivity contribution >= 4 is 11.9 Å². The molecule has 0 aromatic rings. The zero-order chi connectivity index (χ0) is 44.5. The van der Waals surface area contributed by atoms with Crippen molar-refractivity contribution in [2.75, 3.05) is 6.61 Å². The van der Waals surface area contributed by atoms with Crippen LogP contribution in [-0.4, -0.2) is 46.9 Å². The molecule has 0 heterocycles. The van der Waals surface area contributed by atoms with Crippen molar-refractivity contribution in [2.24, 2.45) is 0 Å². The van der Waals surface area contributed by atoms with Crippen LogP contribution in [0.25, 0.3) is 0 Å². The molecular formula is C55H99NO5. The first-order valence-corrected chi connectivity index (χ1v) is 26.0. The summed E-state index contributed by atoms with van der Waals surface area (Å²) in [6.07, 6.45) is 60.1.